The van der Waals surface area contributed by atoms with Crippen LogP contribution in [-0.2, 0) is 4.79 Å². The van der Waals surface area contributed by atoms with E-state index < -0.39 is 5.97 Å². The first-order chi connectivity index (χ1) is 6.09. The highest BCUT2D eigenvalue weighted by Crippen LogP contribution is 2.18. The number of hydrogen-bond donors (Lipinski definition) is 3. The van der Waals surface area contributed by atoms with Gasteiger partial charge in [0.2, 0.25) is 0 Å². The first-order valence-electron chi connectivity index (χ1n) is 4.40. The highest BCUT2D eigenvalue weighted by Gasteiger charge is 2.22. The lowest BCUT2D eigenvalue weighted by atomic mass is 9.95. The summed E-state index contributed by atoms with van der Waals surface area (Å²) in [6, 6.07) is 0. The number of likely N-dealkylation sites (tertiary alicyclic amines) is 1. The maximum Gasteiger partial charge on any atom is 0.303 e. The number of hydrogen-bond acceptors (Lipinski definition) is 2. The molecule has 1 saturated heterocycles. The van der Waals surface area contributed by atoms with E-state index in [0.29, 0.717) is 6.54 Å². The van der Waals surface area contributed by atoms with Crippen molar-refractivity contribution in [1.29, 1.82) is 5.41 Å². The minimum atomic E-state index is -0.768. The monoisotopic (exact) mass is 185 g/mol. The highest BCUT2D eigenvalue weighted by molar-refractivity contribution is 5.74. The average Bonchev–Trinajstić information content (AvgIpc) is 2.03. The van der Waals surface area contributed by atoms with Crippen LogP contribution in [0.25, 0.3) is 0 Å². The van der Waals surface area contributed by atoms with E-state index in [4.69, 9.17) is 16.2 Å². The van der Waals surface area contributed by atoms with E-state index in [-0.39, 0.29) is 18.3 Å². The number of nitrogens with one attached hydrogen (secondary N) is 1. The van der Waals surface area contributed by atoms with Crippen LogP contribution in [0.4, 0.5) is 0 Å². The minimum Gasteiger partial charge on any atom is -0.481 e. The van der Waals surface area contributed by atoms with Crippen molar-refractivity contribution < 1.29 is 9.90 Å². The lowest BCUT2D eigenvalue weighted by molar-refractivity contribution is -0.138. The van der Waals surface area contributed by atoms with Gasteiger partial charge in [0.15, 0.2) is 5.96 Å². The lowest BCUT2D eigenvalue weighted by Crippen LogP contribution is -2.43. The summed E-state index contributed by atoms with van der Waals surface area (Å²) < 4.78 is 0. The molecule has 0 bridgehead atoms. The van der Waals surface area contributed by atoms with Crippen LogP contribution in [0.3, 0.4) is 0 Å². The van der Waals surface area contributed by atoms with Gasteiger partial charge in [0.1, 0.15) is 0 Å². The van der Waals surface area contributed by atoms with Crippen LogP contribution in [0.5, 0.6) is 0 Å². The molecule has 1 heterocycles. The molecule has 0 aromatic heterocycles. The van der Waals surface area contributed by atoms with Gasteiger partial charge < -0.3 is 15.7 Å². The fraction of sp³-hybridized carbons (Fsp3) is 0.750. The fourth-order valence-electron chi connectivity index (χ4n) is 1.70. The van der Waals surface area contributed by atoms with Crippen LogP contribution in [0.1, 0.15) is 19.3 Å². The van der Waals surface area contributed by atoms with E-state index in [9.17, 15) is 4.79 Å². The second-order valence-electron chi connectivity index (χ2n) is 3.44. The van der Waals surface area contributed by atoms with E-state index in [1.165, 1.54) is 0 Å². The third kappa shape index (κ3) is 2.93. The molecule has 0 aromatic rings. The largest absolute Gasteiger partial charge is 0.481 e. The zero-order chi connectivity index (χ0) is 9.84. The predicted octanol–water partition coefficient (Wildman–Crippen LogP) is 0.0666. The van der Waals surface area contributed by atoms with Gasteiger partial charge in [-0.2, -0.15) is 0 Å². The zero-order valence-corrected chi connectivity index (χ0v) is 7.49. The van der Waals surface area contributed by atoms with Crippen molar-refractivity contribution in [3.8, 4) is 0 Å². The molecular formula is C8H15N3O2. The fourth-order valence-corrected chi connectivity index (χ4v) is 1.70. The molecule has 0 aliphatic carbocycles. The number of aliphatic carboxylic acids is 1. The molecule has 0 saturated carbocycles. The third-order valence-electron chi connectivity index (χ3n) is 2.32. The first-order valence-corrected chi connectivity index (χ1v) is 4.40. The third-order valence-corrected chi connectivity index (χ3v) is 2.32. The average molecular weight is 185 g/mol. The van der Waals surface area contributed by atoms with Gasteiger partial charge in [-0.15, -0.1) is 0 Å². The number of rotatable bonds is 2. The molecule has 0 unspecified atom stereocenters. The second-order valence-corrected chi connectivity index (χ2v) is 3.44. The zero-order valence-electron chi connectivity index (χ0n) is 7.49. The number of carbonyl (C=O) groups is 1. The number of carboxylic acid groups (broad SMARTS) is 1. The smallest absolute Gasteiger partial charge is 0.303 e. The highest BCUT2D eigenvalue weighted by atomic mass is 16.4. The molecule has 0 radical (unpaired) electrons. The molecule has 5 heteroatoms. The number of guanidine groups is 1. The molecule has 1 rings (SSSR count). The lowest BCUT2D eigenvalue weighted by Gasteiger charge is -2.32. The van der Waals surface area contributed by atoms with Gasteiger partial charge in [-0.3, -0.25) is 10.2 Å². The van der Waals surface area contributed by atoms with Crippen molar-refractivity contribution in [2.45, 2.75) is 19.3 Å². The normalized spacial score (nSPS) is 22.8. The summed E-state index contributed by atoms with van der Waals surface area (Å²) in [6.45, 7) is 1.40. The Bertz CT molecular complexity index is 217. The summed E-state index contributed by atoms with van der Waals surface area (Å²) in [5.41, 5.74) is 5.32. The van der Waals surface area contributed by atoms with E-state index in [2.05, 4.69) is 0 Å². The Labute approximate surface area is 77.0 Å². The van der Waals surface area contributed by atoms with Gasteiger partial charge in [-0.1, -0.05) is 0 Å². The molecular weight excluding hydrogens is 170 g/mol. The van der Waals surface area contributed by atoms with Crippen LogP contribution in [0.2, 0.25) is 0 Å². The molecule has 1 aliphatic rings. The molecule has 0 spiro atoms. The van der Waals surface area contributed by atoms with Gasteiger partial charge in [-0.25, -0.2) is 0 Å². The second kappa shape index (κ2) is 4.11. The standard InChI is InChI=1S/C8H15N3O2/c9-8(10)11-3-1-2-6(5-11)4-7(12)13/h6H,1-5H2,(H3,9,10)(H,12,13)/t6-/m0/s1. The SMILES string of the molecule is N=C(N)N1CCC[C@@H](CC(=O)O)C1. The van der Waals surface area contributed by atoms with Crippen molar-refractivity contribution in [3.63, 3.8) is 0 Å². The van der Waals surface area contributed by atoms with Crippen molar-refractivity contribution in [1.82, 2.24) is 4.90 Å². The van der Waals surface area contributed by atoms with Gasteiger partial charge >= 0.3 is 5.97 Å². The summed E-state index contributed by atoms with van der Waals surface area (Å²) in [7, 11) is 0. The van der Waals surface area contributed by atoms with Crippen LogP contribution in [-0.4, -0.2) is 35.0 Å². The van der Waals surface area contributed by atoms with Crippen LogP contribution in [0.15, 0.2) is 0 Å². The summed E-state index contributed by atoms with van der Waals surface area (Å²) in [6.07, 6.45) is 2.04. The molecule has 4 N–H and O–H groups in total. The van der Waals surface area contributed by atoms with Crippen molar-refractivity contribution in [2.75, 3.05) is 13.1 Å². The number of nitrogens with zero attached hydrogens (tertiary/aromatic N) is 1. The molecule has 1 fully saturated rings. The Morgan fingerprint density at radius 3 is 2.92 bits per heavy atom. The molecule has 0 amide bonds. The number of carboxylic acids is 1. The molecule has 1 atom stereocenters. The Morgan fingerprint density at radius 1 is 1.69 bits per heavy atom. The van der Waals surface area contributed by atoms with Gasteiger partial charge in [-0.05, 0) is 18.8 Å². The quantitative estimate of drug-likeness (QED) is 0.419. The van der Waals surface area contributed by atoms with Crippen molar-refractivity contribution >= 4 is 11.9 Å². The van der Waals surface area contributed by atoms with Crippen molar-refractivity contribution in [2.24, 2.45) is 11.7 Å². The molecule has 0 aromatic carbocycles. The summed E-state index contributed by atoms with van der Waals surface area (Å²) in [5.74, 6) is -0.569. The van der Waals surface area contributed by atoms with E-state index in [0.717, 1.165) is 19.4 Å². The molecule has 74 valence electrons. The van der Waals surface area contributed by atoms with Crippen molar-refractivity contribution in [3.05, 3.63) is 0 Å². The Morgan fingerprint density at radius 2 is 2.38 bits per heavy atom. The molecule has 13 heavy (non-hydrogen) atoms. The van der Waals surface area contributed by atoms with Crippen LogP contribution in [0, 0.1) is 11.3 Å². The van der Waals surface area contributed by atoms with E-state index in [1.807, 2.05) is 0 Å². The van der Waals surface area contributed by atoms with Crippen LogP contribution >= 0.6 is 0 Å². The Kier molecular flexibility index (Phi) is 3.11. The van der Waals surface area contributed by atoms with Crippen LogP contribution < -0.4 is 5.73 Å². The van der Waals surface area contributed by atoms with Gasteiger partial charge in [0, 0.05) is 19.5 Å². The number of nitrogens with two attached hydrogens (primary N) is 1. The van der Waals surface area contributed by atoms with E-state index >= 15 is 0 Å². The minimum absolute atomic E-state index is 0.0510. The Balaban J connectivity index is 2.41. The van der Waals surface area contributed by atoms with Gasteiger partial charge in [0.05, 0.1) is 0 Å². The first kappa shape index (κ1) is 9.83. The number of piperidine rings is 1. The maximum atomic E-state index is 10.4. The summed E-state index contributed by atoms with van der Waals surface area (Å²) >= 11 is 0. The molecule has 5 nitrogen and oxygen atoms in total. The summed E-state index contributed by atoms with van der Waals surface area (Å²) in [5, 5.41) is 15.8. The van der Waals surface area contributed by atoms with E-state index in [1.54, 1.807) is 4.90 Å². The Hall–Kier alpha value is -1.26. The predicted molar refractivity (Wildman–Crippen MR) is 48.5 cm³/mol. The molecule has 1 aliphatic heterocycles. The maximum absolute atomic E-state index is 10.4. The van der Waals surface area contributed by atoms with Gasteiger partial charge in [0.25, 0.3) is 0 Å². The topological polar surface area (TPSA) is 90.4 Å². The summed E-state index contributed by atoms with van der Waals surface area (Å²) in [4.78, 5) is 12.2.